The third-order valence-electron chi connectivity index (χ3n) is 2.92. The molecule has 106 valence electrons. The van der Waals surface area contributed by atoms with Crippen molar-refractivity contribution in [3.63, 3.8) is 0 Å². The van der Waals surface area contributed by atoms with Crippen molar-refractivity contribution in [3.05, 3.63) is 33.9 Å². The molecular formula is C13H20N2O4. The topological polar surface area (TPSA) is 84.6 Å². The fourth-order valence-electron chi connectivity index (χ4n) is 1.71. The first kappa shape index (κ1) is 15.4. The Kier molecular flexibility index (Phi) is 6.24. The van der Waals surface area contributed by atoms with E-state index < -0.39 is 4.92 Å². The van der Waals surface area contributed by atoms with E-state index in [0.717, 1.165) is 12.0 Å². The Balaban J connectivity index is 2.60. The minimum atomic E-state index is -0.427. The van der Waals surface area contributed by atoms with Crippen molar-refractivity contribution in [1.82, 2.24) is 5.32 Å². The van der Waals surface area contributed by atoms with Crippen LogP contribution in [0.3, 0.4) is 0 Å². The molecule has 1 aromatic carbocycles. The van der Waals surface area contributed by atoms with Gasteiger partial charge in [-0.05, 0) is 25.5 Å². The lowest BCUT2D eigenvalue weighted by Gasteiger charge is -2.11. The van der Waals surface area contributed by atoms with Gasteiger partial charge in [-0.15, -0.1) is 0 Å². The molecule has 0 heterocycles. The lowest BCUT2D eigenvalue weighted by atomic mass is 10.1. The quantitative estimate of drug-likeness (QED) is 0.427. The van der Waals surface area contributed by atoms with Gasteiger partial charge < -0.3 is 15.2 Å². The zero-order valence-electron chi connectivity index (χ0n) is 11.3. The number of nitrogens with zero attached hydrogens (tertiary/aromatic N) is 1. The fourth-order valence-corrected chi connectivity index (χ4v) is 1.71. The van der Waals surface area contributed by atoms with Crippen LogP contribution in [0.5, 0.6) is 5.75 Å². The monoisotopic (exact) mass is 268 g/mol. The summed E-state index contributed by atoms with van der Waals surface area (Å²) in [5, 5.41) is 23.3. The van der Waals surface area contributed by atoms with Gasteiger partial charge in [-0.25, -0.2) is 0 Å². The van der Waals surface area contributed by atoms with Gasteiger partial charge in [-0.2, -0.15) is 0 Å². The molecule has 19 heavy (non-hydrogen) atoms. The number of nitrogens with one attached hydrogen (secondary N) is 1. The predicted octanol–water partition coefficient (Wildman–Crippen LogP) is 1.85. The first-order valence-corrected chi connectivity index (χ1v) is 6.28. The molecule has 0 aromatic heterocycles. The molecular weight excluding hydrogens is 248 g/mol. The number of hydrogen-bond donors (Lipinski definition) is 2. The number of ether oxygens (including phenoxy) is 1. The Labute approximate surface area is 112 Å². The van der Waals surface area contributed by atoms with Gasteiger partial charge in [0.25, 0.3) is 5.69 Å². The summed E-state index contributed by atoms with van der Waals surface area (Å²) in [4.78, 5) is 10.3. The highest BCUT2D eigenvalue weighted by Gasteiger charge is 2.11. The van der Waals surface area contributed by atoms with Crippen LogP contribution in [-0.4, -0.2) is 29.8 Å². The van der Waals surface area contributed by atoms with Crippen LogP contribution in [0.15, 0.2) is 18.2 Å². The summed E-state index contributed by atoms with van der Waals surface area (Å²) in [5.41, 5.74) is 0.786. The van der Waals surface area contributed by atoms with E-state index in [0.29, 0.717) is 25.3 Å². The molecule has 1 aromatic rings. The molecule has 0 saturated carbocycles. The average molecular weight is 268 g/mol. The summed E-state index contributed by atoms with van der Waals surface area (Å²) in [6.45, 7) is 3.05. The van der Waals surface area contributed by atoms with Crippen LogP contribution in [0.25, 0.3) is 0 Å². The molecule has 0 spiro atoms. The van der Waals surface area contributed by atoms with Crippen LogP contribution in [0.2, 0.25) is 0 Å². The number of aliphatic hydroxyl groups excluding tert-OH is 1. The third-order valence-corrected chi connectivity index (χ3v) is 2.92. The van der Waals surface area contributed by atoms with Gasteiger partial charge in [-0.1, -0.05) is 6.92 Å². The third kappa shape index (κ3) is 4.84. The zero-order valence-corrected chi connectivity index (χ0v) is 11.3. The lowest BCUT2D eigenvalue weighted by Crippen LogP contribution is -2.20. The van der Waals surface area contributed by atoms with Crippen molar-refractivity contribution in [2.24, 2.45) is 0 Å². The van der Waals surface area contributed by atoms with E-state index in [1.165, 1.54) is 19.2 Å². The number of aliphatic hydroxyl groups is 1. The normalized spacial score (nSPS) is 12.2. The van der Waals surface area contributed by atoms with E-state index in [4.69, 9.17) is 4.74 Å². The average Bonchev–Trinajstić information content (AvgIpc) is 2.42. The van der Waals surface area contributed by atoms with Crippen molar-refractivity contribution < 1.29 is 14.8 Å². The van der Waals surface area contributed by atoms with E-state index in [1.54, 1.807) is 6.07 Å². The van der Waals surface area contributed by atoms with Gasteiger partial charge in [-0.3, -0.25) is 10.1 Å². The molecule has 1 rings (SSSR count). The first-order chi connectivity index (χ1) is 9.08. The molecule has 0 aliphatic heterocycles. The smallest absolute Gasteiger partial charge is 0.270 e. The van der Waals surface area contributed by atoms with Crippen molar-refractivity contribution in [2.75, 3.05) is 13.7 Å². The predicted molar refractivity (Wildman–Crippen MR) is 72.3 cm³/mol. The van der Waals surface area contributed by atoms with E-state index in [2.05, 4.69) is 5.32 Å². The van der Waals surface area contributed by atoms with Crippen molar-refractivity contribution in [2.45, 2.75) is 32.4 Å². The van der Waals surface area contributed by atoms with Gasteiger partial charge in [0, 0.05) is 24.2 Å². The summed E-state index contributed by atoms with van der Waals surface area (Å²) in [5.74, 6) is 0.620. The highest BCUT2D eigenvalue weighted by atomic mass is 16.6. The van der Waals surface area contributed by atoms with Crippen LogP contribution < -0.4 is 10.1 Å². The van der Waals surface area contributed by atoms with Gasteiger partial charge in [0.2, 0.25) is 0 Å². The Morgan fingerprint density at radius 3 is 2.84 bits per heavy atom. The molecule has 1 atom stereocenters. The molecule has 6 heteroatoms. The van der Waals surface area contributed by atoms with E-state index >= 15 is 0 Å². The molecule has 0 saturated heterocycles. The molecule has 0 amide bonds. The molecule has 6 nitrogen and oxygen atoms in total. The Hall–Kier alpha value is -1.66. The number of methoxy groups -OCH3 is 1. The van der Waals surface area contributed by atoms with Gasteiger partial charge >= 0.3 is 0 Å². The summed E-state index contributed by atoms with van der Waals surface area (Å²) in [6, 6.07) is 4.52. The molecule has 0 radical (unpaired) electrons. The van der Waals surface area contributed by atoms with Crippen LogP contribution in [0.4, 0.5) is 5.69 Å². The van der Waals surface area contributed by atoms with Crippen LogP contribution >= 0.6 is 0 Å². The van der Waals surface area contributed by atoms with Gasteiger partial charge in [0.15, 0.2) is 0 Å². The number of nitro groups is 1. The molecule has 2 N–H and O–H groups in total. The zero-order chi connectivity index (χ0) is 14.3. The minimum absolute atomic E-state index is 0.0474. The Morgan fingerprint density at radius 2 is 2.26 bits per heavy atom. The van der Waals surface area contributed by atoms with E-state index in [-0.39, 0.29) is 11.8 Å². The standard InChI is InChI=1S/C13H20N2O4/c1-3-12(16)6-7-14-9-10-8-11(15(17)18)4-5-13(10)19-2/h4-5,8,12,14,16H,3,6-7,9H2,1-2H3. The maximum atomic E-state index is 10.7. The van der Waals surface area contributed by atoms with Crippen LogP contribution in [0.1, 0.15) is 25.3 Å². The van der Waals surface area contributed by atoms with Crippen molar-refractivity contribution in [1.29, 1.82) is 0 Å². The Morgan fingerprint density at radius 1 is 1.53 bits per heavy atom. The van der Waals surface area contributed by atoms with E-state index in [1.807, 2.05) is 6.92 Å². The maximum Gasteiger partial charge on any atom is 0.270 e. The Bertz CT molecular complexity index is 423. The number of hydrogen-bond acceptors (Lipinski definition) is 5. The second-order valence-electron chi connectivity index (χ2n) is 4.28. The largest absolute Gasteiger partial charge is 0.496 e. The second kappa shape index (κ2) is 7.70. The second-order valence-corrected chi connectivity index (χ2v) is 4.28. The molecule has 0 bridgehead atoms. The number of benzene rings is 1. The molecule has 0 fully saturated rings. The van der Waals surface area contributed by atoms with Crippen molar-refractivity contribution in [3.8, 4) is 5.75 Å². The van der Waals surface area contributed by atoms with Gasteiger partial charge in [0.05, 0.1) is 18.1 Å². The number of rotatable bonds is 8. The molecule has 0 aliphatic rings. The number of non-ortho nitro benzene ring substituents is 1. The molecule has 1 unspecified atom stereocenters. The highest BCUT2D eigenvalue weighted by molar-refractivity contribution is 5.43. The lowest BCUT2D eigenvalue weighted by molar-refractivity contribution is -0.384. The minimum Gasteiger partial charge on any atom is -0.496 e. The fraction of sp³-hybridized carbons (Fsp3) is 0.538. The summed E-state index contributed by atoms with van der Waals surface area (Å²) < 4.78 is 5.17. The number of nitro benzene ring substituents is 1. The SMILES string of the molecule is CCC(O)CCNCc1cc([N+](=O)[O-])ccc1OC. The van der Waals surface area contributed by atoms with Crippen LogP contribution in [0, 0.1) is 10.1 Å². The van der Waals surface area contributed by atoms with Crippen LogP contribution in [-0.2, 0) is 6.54 Å². The van der Waals surface area contributed by atoms with E-state index in [9.17, 15) is 15.2 Å². The van der Waals surface area contributed by atoms with Gasteiger partial charge in [0.1, 0.15) is 5.75 Å². The maximum absolute atomic E-state index is 10.7. The highest BCUT2D eigenvalue weighted by Crippen LogP contribution is 2.23. The summed E-state index contributed by atoms with van der Waals surface area (Å²) >= 11 is 0. The molecule has 0 aliphatic carbocycles. The first-order valence-electron chi connectivity index (χ1n) is 6.28. The summed E-state index contributed by atoms with van der Waals surface area (Å²) in [7, 11) is 1.53. The summed E-state index contributed by atoms with van der Waals surface area (Å²) in [6.07, 6.45) is 1.08. The van der Waals surface area contributed by atoms with Crippen molar-refractivity contribution >= 4 is 5.69 Å².